The average Bonchev–Trinajstić information content (AvgIpc) is 2.66. The fourth-order valence-electron chi connectivity index (χ4n) is 3.53. The van der Waals surface area contributed by atoms with Crippen LogP contribution in [-0.4, -0.2) is 41.3 Å². The SMILES string of the molecule is O=C1CO[C@H](c2cccc(Cl)c2)[C@@H](c2ccc(Cl)cc2)N1C(CO)CC(F)(F)F. The number of hydrogen-bond acceptors (Lipinski definition) is 3. The van der Waals surface area contributed by atoms with Crippen LogP contribution >= 0.6 is 23.2 Å². The van der Waals surface area contributed by atoms with Crippen LogP contribution in [0.25, 0.3) is 0 Å². The summed E-state index contributed by atoms with van der Waals surface area (Å²) in [5.41, 5.74) is 1.15. The lowest BCUT2D eigenvalue weighted by molar-refractivity contribution is -0.181. The number of alkyl halides is 3. The second kappa shape index (κ2) is 8.92. The Morgan fingerprint density at radius 3 is 2.38 bits per heavy atom. The van der Waals surface area contributed by atoms with Gasteiger partial charge in [0.15, 0.2) is 0 Å². The van der Waals surface area contributed by atoms with E-state index >= 15 is 0 Å². The summed E-state index contributed by atoms with van der Waals surface area (Å²) in [5, 5.41) is 10.6. The van der Waals surface area contributed by atoms with Crippen molar-refractivity contribution in [2.24, 2.45) is 0 Å². The van der Waals surface area contributed by atoms with Gasteiger partial charge in [0, 0.05) is 10.0 Å². The topological polar surface area (TPSA) is 49.8 Å². The maximum absolute atomic E-state index is 13.1. The first kappa shape index (κ1) is 21.9. The third kappa shape index (κ3) is 5.22. The van der Waals surface area contributed by atoms with E-state index in [9.17, 15) is 23.1 Å². The van der Waals surface area contributed by atoms with Crippen molar-refractivity contribution < 1.29 is 27.8 Å². The summed E-state index contributed by atoms with van der Waals surface area (Å²) < 4.78 is 45.1. The highest BCUT2D eigenvalue weighted by molar-refractivity contribution is 6.30. The number of carbonyl (C=O) groups is 1. The number of nitrogens with zero attached hydrogens (tertiary/aromatic N) is 1. The number of benzene rings is 2. The van der Waals surface area contributed by atoms with Gasteiger partial charge in [0.25, 0.3) is 0 Å². The van der Waals surface area contributed by atoms with Gasteiger partial charge in [-0.15, -0.1) is 0 Å². The van der Waals surface area contributed by atoms with Crippen LogP contribution in [0.4, 0.5) is 13.2 Å². The Kier molecular flexibility index (Phi) is 6.73. The van der Waals surface area contributed by atoms with Gasteiger partial charge in [-0.3, -0.25) is 4.79 Å². The van der Waals surface area contributed by atoms with Gasteiger partial charge in [0.1, 0.15) is 12.7 Å². The highest BCUT2D eigenvalue weighted by Gasteiger charge is 2.45. The van der Waals surface area contributed by atoms with E-state index in [1.807, 2.05) is 0 Å². The molecule has 0 radical (unpaired) electrons. The lowest BCUT2D eigenvalue weighted by Crippen LogP contribution is -2.53. The second-order valence-corrected chi connectivity index (χ2v) is 7.61. The molecule has 2 aromatic rings. The molecule has 1 saturated heterocycles. The van der Waals surface area contributed by atoms with Crippen LogP contribution in [0.3, 0.4) is 0 Å². The van der Waals surface area contributed by atoms with E-state index in [-0.39, 0.29) is 0 Å². The van der Waals surface area contributed by atoms with Crippen LogP contribution in [0.1, 0.15) is 29.7 Å². The Morgan fingerprint density at radius 2 is 1.79 bits per heavy atom. The Balaban J connectivity index is 2.09. The zero-order valence-electron chi connectivity index (χ0n) is 15.1. The molecule has 1 amide bonds. The van der Waals surface area contributed by atoms with Gasteiger partial charge >= 0.3 is 6.18 Å². The van der Waals surface area contributed by atoms with Gasteiger partial charge in [0.2, 0.25) is 5.91 Å². The van der Waals surface area contributed by atoms with Crippen LogP contribution in [0.15, 0.2) is 48.5 Å². The lowest BCUT2D eigenvalue weighted by atomic mass is 9.91. The van der Waals surface area contributed by atoms with E-state index in [2.05, 4.69) is 0 Å². The minimum Gasteiger partial charge on any atom is -0.394 e. The van der Waals surface area contributed by atoms with Crippen molar-refractivity contribution in [1.29, 1.82) is 0 Å². The zero-order chi connectivity index (χ0) is 21.2. The van der Waals surface area contributed by atoms with Crippen LogP contribution in [-0.2, 0) is 9.53 Å². The maximum atomic E-state index is 13.1. The van der Waals surface area contributed by atoms with Gasteiger partial charge in [-0.05, 0) is 35.4 Å². The van der Waals surface area contributed by atoms with Gasteiger partial charge in [0.05, 0.1) is 25.1 Å². The summed E-state index contributed by atoms with van der Waals surface area (Å²) in [4.78, 5) is 13.7. The van der Waals surface area contributed by atoms with Crippen molar-refractivity contribution in [1.82, 2.24) is 4.90 Å². The largest absolute Gasteiger partial charge is 0.394 e. The molecule has 3 atom stereocenters. The predicted molar refractivity (Wildman–Crippen MR) is 103 cm³/mol. The molecule has 1 unspecified atom stereocenters. The molecule has 1 heterocycles. The summed E-state index contributed by atoms with van der Waals surface area (Å²) in [6.45, 7) is -1.24. The molecule has 0 aromatic heterocycles. The summed E-state index contributed by atoms with van der Waals surface area (Å²) in [6, 6.07) is 10.8. The first-order chi connectivity index (χ1) is 13.7. The highest BCUT2D eigenvalue weighted by atomic mass is 35.5. The number of aliphatic hydroxyl groups is 1. The third-order valence-electron chi connectivity index (χ3n) is 4.72. The molecule has 0 spiro atoms. The predicted octanol–water partition coefficient (Wildman–Crippen LogP) is 4.95. The summed E-state index contributed by atoms with van der Waals surface area (Å²) in [7, 11) is 0. The van der Waals surface area contributed by atoms with Crippen molar-refractivity contribution in [2.45, 2.75) is 30.8 Å². The Labute approximate surface area is 175 Å². The molecule has 4 nitrogen and oxygen atoms in total. The highest BCUT2D eigenvalue weighted by Crippen LogP contribution is 2.43. The molecule has 1 aliphatic rings. The standard InChI is InChI=1S/C20H18Cl2F3NO3/c21-14-6-4-12(5-7-14)18-19(13-2-1-3-15(22)8-13)29-11-17(28)26(18)16(10-27)9-20(23,24)25/h1-8,16,18-19,27H,9-11H2/t16?,18-,19-/m1/s1. The Bertz CT molecular complexity index is 861. The number of rotatable bonds is 5. The molecule has 0 bridgehead atoms. The minimum absolute atomic E-state index is 0.407. The number of halogens is 5. The number of hydrogen-bond donors (Lipinski definition) is 1. The number of amides is 1. The molecule has 1 aliphatic heterocycles. The summed E-state index contributed by atoms with van der Waals surface area (Å²) >= 11 is 12.0. The van der Waals surface area contributed by atoms with Gasteiger partial charge < -0.3 is 14.7 Å². The van der Waals surface area contributed by atoms with Crippen molar-refractivity contribution in [2.75, 3.05) is 13.2 Å². The van der Waals surface area contributed by atoms with Crippen molar-refractivity contribution >= 4 is 29.1 Å². The van der Waals surface area contributed by atoms with Crippen molar-refractivity contribution in [3.8, 4) is 0 Å². The first-order valence-electron chi connectivity index (χ1n) is 8.81. The molecule has 29 heavy (non-hydrogen) atoms. The van der Waals surface area contributed by atoms with Crippen molar-refractivity contribution in [3.05, 3.63) is 69.7 Å². The van der Waals surface area contributed by atoms with E-state index < -0.39 is 49.9 Å². The average molecular weight is 448 g/mol. The zero-order valence-corrected chi connectivity index (χ0v) is 16.6. The Morgan fingerprint density at radius 1 is 1.10 bits per heavy atom. The second-order valence-electron chi connectivity index (χ2n) is 6.74. The molecule has 156 valence electrons. The van der Waals surface area contributed by atoms with Gasteiger partial charge in [-0.25, -0.2) is 0 Å². The summed E-state index contributed by atoms with van der Waals surface area (Å²) in [6.07, 6.45) is -6.65. The normalized spacial score (nSPS) is 21.3. The number of ether oxygens (including phenoxy) is 1. The number of aliphatic hydroxyl groups excluding tert-OH is 1. The van der Waals surface area contributed by atoms with E-state index in [1.165, 1.54) is 0 Å². The van der Waals surface area contributed by atoms with Crippen LogP contribution in [0.5, 0.6) is 0 Å². The van der Waals surface area contributed by atoms with Gasteiger partial charge in [-0.2, -0.15) is 13.2 Å². The molecule has 1 fully saturated rings. The van der Waals surface area contributed by atoms with Crippen LogP contribution < -0.4 is 0 Å². The quantitative estimate of drug-likeness (QED) is 0.705. The molecule has 3 rings (SSSR count). The smallest absolute Gasteiger partial charge is 0.391 e. The Hall–Kier alpha value is -1.80. The maximum Gasteiger partial charge on any atom is 0.391 e. The van der Waals surface area contributed by atoms with E-state index in [0.717, 1.165) is 4.90 Å². The molecular formula is C20H18Cl2F3NO3. The van der Waals surface area contributed by atoms with Crippen molar-refractivity contribution in [3.63, 3.8) is 0 Å². The number of carbonyl (C=O) groups excluding carboxylic acids is 1. The molecule has 9 heteroatoms. The van der Waals surface area contributed by atoms with Crippen LogP contribution in [0.2, 0.25) is 10.0 Å². The first-order valence-corrected chi connectivity index (χ1v) is 9.56. The fourth-order valence-corrected chi connectivity index (χ4v) is 3.86. The molecule has 2 aromatic carbocycles. The molecular weight excluding hydrogens is 430 g/mol. The van der Waals surface area contributed by atoms with E-state index in [1.54, 1.807) is 48.5 Å². The number of morpholine rings is 1. The fraction of sp³-hybridized carbons (Fsp3) is 0.350. The lowest BCUT2D eigenvalue weighted by Gasteiger charge is -2.45. The molecule has 1 N–H and O–H groups in total. The summed E-state index contributed by atoms with van der Waals surface area (Å²) in [5.74, 6) is -0.633. The van der Waals surface area contributed by atoms with E-state index in [4.69, 9.17) is 27.9 Å². The van der Waals surface area contributed by atoms with Crippen LogP contribution in [0, 0.1) is 0 Å². The molecule has 0 saturated carbocycles. The monoisotopic (exact) mass is 447 g/mol. The van der Waals surface area contributed by atoms with Gasteiger partial charge in [-0.1, -0.05) is 47.5 Å². The van der Waals surface area contributed by atoms with E-state index in [0.29, 0.717) is 21.2 Å². The minimum atomic E-state index is -4.55. The third-order valence-corrected chi connectivity index (χ3v) is 5.21. The molecule has 0 aliphatic carbocycles.